The van der Waals surface area contributed by atoms with Crippen LogP contribution in [-0.2, 0) is 6.42 Å². The largest absolute Gasteiger partial charge is 0.491 e. The van der Waals surface area contributed by atoms with Gasteiger partial charge in [-0.3, -0.25) is 0 Å². The Morgan fingerprint density at radius 2 is 2.00 bits per heavy atom. The van der Waals surface area contributed by atoms with Crippen LogP contribution in [-0.4, -0.2) is 30.4 Å². The summed E-state index contributed by atoms with van der Waals surface area (Å²) in [4.78, 5) is 1.36. The molecule has 0 spiro atoms. The number of hydrogen-bond acceptors (Lipinski definition) is 4. The van der Waals surface area contributed by atoms with Crippen LogP contribution in [0, 0.1) is 6.92 Å². The van der Waals surface area contributed by atoms with Crippen LogP contribution in [0.3, 0.4) is 0 Å². The van der Waals surface area contributed by atoms with Gasteiger partial charge >= 0.3 is 0 Å². The van der Waals surface area contributed by atoms with E-state index in [0.717, 1.165) is 12.2 Å². The number of aryl methyl sites for hydroxylation is 1. The predicted octanol–water partition coefficient (Wildman–Crippen LogP) is 3.02. The molecule has 114 valence electrons. The molecule has 2 N–H and O–H groups in total. The summed E-state index contributed by atoms with van der Waals surface area (Å²) < 4.78 is 5.57. The van der Waals surface area contributed by atoms with Crippen molar-refractivity contribution in [3.05, 3.63) is 52.2 Å². The highest BCUT2D eigenvalue weighted by atomic mass is 32.1. The van der Waals surface area contributed by atoms with E-state index in [9.17, 15) is 5.11 Å². The highest BCUT2D eigenvalue weighted by molar-refractivity contribution is 7.09. The van der Waals surface area contributed by atoms with Gasteiger partial charge in [0.05, 0.1) is 0 Å². The molecule has 0 amide bonds. The quantitative estimate of drug-likeness (QED) is 0.788. The fourth-order valence-electron chi connectivity index (χ4n) is 2.03. The van der Waals surface area contributed by atoms with Gasteiger partial charge in [-0.1, -0.05) is 23.8 Å². The van der Waals surface area contributed by atoms with E-state index in [1.54, 1.807) is 11.3 Å². The fraction of sp³-hybridized carbons (Fsp3) is 0.412. The molecule has 0 saturated heterocycles. The highest BCUT2D eigenvalue weighted by Gasteiger charge is 2.09. The van der Waals surface area contributed by atoms with Gasteiger partial charge in [-0.2, -0.15) is 0 Å². The van der Waals surface area contributed by atoms with Crippen molar-refractivity contribution in [2.24, 2.45) is 0 Å². The van der Waals surface area contributed by atoms with Gasteiger partial charge in [0.1, 0.15) is 18.5 Å². The van der Waals surface area contributed by atoms with Gasteiger partial charge in [0.25, 0.3) is 0 Å². The van der Waals surface area contributed by atoms with E-state index in [2.05, 4.69) is 29.8 Å². The molecule has 0 radical (unpaired) electrons. The smallest absolute Gasteiger partial charge is 0.119 e. The van der Waals surface area contributed by atoms with Crippen LogP contribution < -0.4 is 10.1 Å². The standard InChI is InChI=1S/C17H23NO2S/c1-13-5-7-16(8-6-13)20-12-15(19)11-18-14(2)10-17-4-3-9-21-17/h3-9,14-15,18-19H,10-12H2,1-2H3. The van der Waals surface area contributed by atoms with Gasteiger partial charge in [-0.15, -0.1) is 11.3 Å². The van der Waals surface area contributed by atoms with E-state index in [4.69, 9.17) is 4.74 Å². The molecule has 3 nitrogen and oxygen atoms in total. The lowest BCUT2D eigenvalue weighted by Crippen LogP contribution is -2.37. The lowest BCUT2D eigenvalue weighted by Gasteiger charge is -2.17. The number of ether oxygens (including phenoxy) is 1. The second-order valence-electron chi connectivity index (χ2n) is 5.37. The third kappa shape index (κ3) is 5.87. The summed E-state index contributed by atoms with van der Waals surface area (Å²) in [7, 11) is 0. The van der Waals surface area contributed by atoms with E-state index in [1.807, 2.05) is 31.2 Å². The predicted molar refractivity (Wildman–Crippen MR) is 88.2 cm³/mol. The molecule has 0 aliphatic heterocycles. The summed E-state index contributed by atoms with van der Waals surface area (Å²) in [6.07, 6.45) is 0.487. The molecule has 2 aromatic rings. The van der Waals surface area contributed by atoms with Crippen molar-refractivity contribution in [3.8, 4) is 5.75 Å². The maximum atomic E-state index is 9.96. The van der Waals surface area contributed by atoms with Gasteiger partial charge < -0.3 is 15.2 Å². The Morgan fingerprint density at radius 3 is 2.67 bits per heavy atom. The first kappa shape index (κ1) is 16.0. The number of aliphatic hydroxyl groups excluding tert-OH is 1. The van der Waals surface area contributed by atoms with E-state index >= 15 is 0 Å². The first-order valence-corrected chi connectivity index (χ1v) is 8.15. The van der Waals surface area contributed by atoms with Crippen molar-refractivity contribution in [3.63, 3.8) is 0 Å². The Hall–Kier alpha value is -1.36. The summed E-state index contributed by atoms with van der Waals surface area (Å²) in [6.45, 7) is 5.02. The molecular formula is C17H23NO2S. The Balaban J connectivity index is 1.65. The molecule has 1 aromatic heterocycles. The maximum Gasteiger partial charge on any atom is 0.119 e. The number of hydrogen-bond donors (Lipinski definition) is 2. The van der Waals surface area contributed by atoms with E-state index in [0.29, 0.717) is 19.2 Å². The van der Waals surface area contributed by atoms with E-state index in [-0.39, 0.29) is 0 Å². The van der Waals surface area contributed by atoms with Gasteiger partial charge in [0, 0.05) is 17.5 Å². The monoisotopic (exact) mass is 305 g/mol. The number of benzene rings is 1. The van der Waals surface area contributed by atoms with Crippen LogP contribution in [0.25, 0.3) is 0 Å². The molecule has 2 atom stereocenters. The Morgan fingerprint density at radius 1 is 1.24 bits per heavy atom. The minimum atomic E-state index is -0.503. The van der Waals surface area contributed by atoms with Gasteiger partial charge in [0.2, 0.25) is 0 Å². The van der Waals surface area contributed by atoms with Crippen molar-refractivity contribution in [2.45, 2.75) is 32.4 Å². The molecule has 1 heterocycles. The van der Waals surface area contributed by atoms with Crippen LogP contribution in [0.1, 0.15) is 17.4 Å². The minimum absolute atomic E-state index is 0.307. The van der Waals surface area contributed by atoms with Crippen molar-refractivity contribution in [2.75, 3.05) is 13.2 Å². The Kier molecular flexibility index (Phi) is 6.23. The summed E-state index contributed by atoms with van der Waals surface area (Å²) in [5.74, 6) is 0.797. The average Bonchev–Trinajstić information content (AvgIpc) is 2.97. The molecule has 2 rings (SSSR count). The summed E-state index contributed by atoms with van der Waals surface area (Å²) in [5, 5.41) is 15.4. The lowest BCUT2D eigenvalue weighted by molar-refractivity contribution is 0.104. The first-order valence-electron chi connectivity index (χ1n) is 7.27. The number of aliphatic hydroxyl groups is 1. The molecule has 2 unspecified atom stereocenters. The molecule has 21 heavy (non-hydrogen) atoms. The summed E-state index contributed by atoms with van der Waals surface area (Å²) >= 11 is 1.77. The van der Waals surface area contributed by atoms with Crippen molar-refractivity contribution < 1.29 is 9.84 Å². The molecular weight excluding hydrogens is 282 g/mol. The zero-order valence-electron chi connectivity index (χ0n) is 12.6. The third-order valence-electron chi connectivity index (χ3n) is 3.25. The molecule has 1 aromatic carbocycles. The topological polar surface area (TPSA) is 41.5 Å². The number of thiophene rings is 1. The van der Waals surface area contributed by atoms with Crippen LogP contribution in [0.2, 0.25) is 0 Å². The van der Waals surface area contributed by atoms with Crippen LogP contribution in [0.15, 0.2) is 41.8 Å². The zero-order valence-corrected chi connectivity index (χ0v) is 13.4. The highest BCUT2D eigenvalue weighted by Crippen LogP contribution is 2.12. The molecule has 4 heteroatoms. The average molecular weight is 305 g/mol. The van der Waals surface area contributed by atoms with Crippen molar-refractivity contribution >= 4 is 11.3 Å². The molecule has 0 aliphatic rings. The maximum absolute atomic E-state index is 9.96. The minimum Gasteiger partial charge on any atom is -0.491 e. The molecule has 0 saturated carbocycles. The van der Waals surface area contributed by atoms with Crippen molar-refractivity contribution in [1.29, 1.82) is 0 Å². The van der Waals surface area contributed by atoms with Crippen LogP contribution in [0.5, 0.6) is 5.75 Å². The van der Waals surface area contributed by atoms with E-state index < -0.39 is 6.10 Å². The van der Waals surface area contributed by atoms with Crippen molar-refractivity contribution in [1.82, 2.24) is 5.32 Å². The van der Waals surface area contributed by atoms with E-state index in [1.165, 1.54) is 10.4 Å². The second-order valence-corrected chi connectivity index (χ2v) is 6.40. The summed E-state index contributed by atoms with van der Waals surface area (Å²) in [6, 6.07) is 12.4. The van der Waals surface area contributed by atoms with Gasteiger partial charge in [0.15, 0.2) is 0 Å². The summed E-state index contributed by atoms with van der Waals surface area (Å²) in [5.41, 5.74) is 1.20. The first-order chi connectivity index (χ1) is 10.1. The SMILES string of the molecule is Cc1ccc(OCC(O)CNC(C)Cc2cccs2)cc1. The zero-order chi connectivity index (χ0) is 15.1. The number of rotatable bonds is 8. The Labute approximate surface area is 130 Å². The lowest BCUT2D eigenvalue weighted by atomic mass is 10.2. The fourth-order valence-corrected chi connectivity index (χ4v) is 2.86. The van der Waals surface area contributed by atoms with Crippen LogP contribution in [0.4, 0.5) is 0 Å². The Bertz CT molecular complexity index is 510. The number of nitrogens with one attached hydrogen (secondary N) is 1. The third-order valence-corrected chi connectivity index (χ3v) is 4.15. The molecule has 0 fully saturated rings. The second kappa shape index (κ2) is 8.17. The van der Waals surface area contributed by atoms with Gasteiger partial charge in [-0.25, -0.2) is 0 Å². The molecule has 0 bridgehead atoms. The van der Waals surface area contributed by atoms with Gasteiger partial charge in [-0.05, 0) is 43.8 Å². The van der Waals surface area contributed by atoms with Crippen LogP contribution >= 0.6 is 11.3 Å². The molecule has 0 aliphatic carbocycles. The normalized spacial score (nSPS) is 13.9.